The van der Waals surface area contributed by atoms with Crippen molar-refractivity contribution in [2.24, 2.45) is 5.10 Å². The van der Waals surface area contributed by atoms with Crippen LogP contribution in [-0.4, -0.2) is 30.8 Å². The molecule has 0 saturated carbocycles. The van der Waals surface area contributed by atoms with E-state index in [1.54, 1.807) is 13.3 Å². The third-order valence-corrected chi connectivity index (χ3v) is 5.80. The molecule has 1 aromatic heterocycles. The predicted molar refractivity (Wildman–Crippen MR) is 125 cm³/mol. The monoisotopic (exact) mass is 437 g/mol. The zero-order chi connectivity index (χ0) is 22.1. The molecule has 0 saturated heterocycles. The largest absolute Gasteiger partial charge is 0.493 e. The summed E-state index contributed by atoms with van der Waals surface area (Å²) >= 11 is 1.35. The number of unbranched alkanes of at least 4 members (excludes halogenated alkanes) is 2. The molecule has 3 aromatic rings. The third kappa shape index (κ3) is 6.15. The second kappa shape index (κ2) is 11.3. The summed E-state index contributed by atoms with van der Waals surface area (Å²) in [4.78, 5) is 17.6. The molecule has 6 nitrogen and oxygen atoms in total. The maximum absolute atomic E-state index is 12.5. The average Bonchev–Trinajstić information content (AvgIpc) is 3.19. The summed E-state index contributed by atoms with van der Waals surface area (Å²) in [5.74, 6) is 1.06. The number of thiazole rings is 1. The molecule has 0 aliphatic carbocycles. The van der Waals surface area contributed by atoms with Gasteiger partial charge in [-0.15, -0.1) is 11.3 Å². The van der Waals surface area contributed by atoms with Gasteiger partial charge in [0, 0.05) is 5.56 Å². The number of hydrazone groups is 1. The molecule has 0 aliphatic rings. The minimum atomic E-state index is -0.281. The van der Waals surface area contributed by atoms with Gasteiger partial charge in [-0.2, -0.15) is 5.10 Å². The van der Waals surface area contributed by atoms with Crippen LogP contribution in [0, 0.1) is 6.92 Å². The van der Waals surface area contributed by atoms with Crippen molar-refractivity contribution in [1.29, 1.82) is 0 Å². The van der Waals surface area contributed by atoms with Crippen molar-refractivity contribution < 1.29 is 14.3 Å². The molecule has 3 rings (SSSR count). The number of rotatable bonds is 10. The quantitative estimate of drug-likeness (QED) is 0.260. The minimum absolute atomic E-state index is 0.281. The molecule has 1 amide bonds. The number of carbonyl (C=O) groups excluding carboxylic acids is 1. The number of nitrogens with one attached hydrogen (secondary N) is 1. The normalized spacial score (nSPS) is 10.9. The van der Waals surface area contributed by atoms with Crippen LogP contribution in [0.2, 0.25) is 0 Å². The summed E-state index contributed by atoms with van der Waals surface area (Å²) in [5, 5.41) is 4.90. The molecule has 0 unspecified atom stereocenters. The van der Waals surface area contributed by atoms with Gasteiger partial charge >= 0.3 is 0 Å². The van der Waals surface area contributed by atoms with Crippen LogP contribution in [0.1, 0.15) is 47.1 Å². The first-order valence-corrected chi connectivity index (χ1v) is 11.1. The molecule has 1 N–H and O–H groups in total. The van der Waals surface area contributed by atoms with Crippen molar-refractivity contribution in [2.45, 2.75) is 33.1 Å². The van der Waals surface area contributed by atoms with Gasteiger partial charge in [-0.1, -0.05) is 50.1 Å². The first-order chi connectivity index (χ1) is 15.1. The Balaban J connectivity index is 1.62. The second-order valence-corrected chi connectivity index (χ2v) is 7.96. The Morgan fingerprint density at radius 2 is 1.97 bits per heavy atom. The van der Waals surface area contributed by atoms with E-state index in [9.17, 15) is 4.79 Å². The van der Waals surface area contributed by atoms with E-state index in [2.05, 4.69) is 22.4 Å². The number of hydrogen-bond acceptors (Lipinski definition) is 6. The van der Waals surface area contributed by atoms with Crippen molar-refractivity contribution >= 4 is 23.5 Å². The van der Waals surface area contributed by atoms with Crippen LogP contribution in [0.4, 0.5) is 0 Å². The van der Waals surface area contributed by atoms with Crippen LogP contribution in [-0.2, 0) is 0 Å². The Bertz CT molecular complexity index is 1030. The summed E-state index contributed by atoms with van der Waals surface area (Å²) in [6.07, 6.45) is 4.88. The summed E-state index contributed by atoms with van der Waals surface area (Å²) in [7, 11) is 1.60. The first kappa shape index (κ1) is 22.5. The van der Waals surface area contributed by atoms with Gasteiger partial charge in [0.1, 0.15) is 9.88 Å². The van der Waals surface area contributed by atoms with Crippen molar-refractivity contribution in [3.05, 3.63) is 64.7 Å². The number of methoxy groups -OCH3 is 1. The number of amides is 1. The smallest absolute Gasteiger partial charge is 0.283 e. The van der Waals surface area contributed by atoms with Crippen molar-refractivity contribution in [1.82, 2.24) is 10.4 Å². The van der Waals surface area contributed by atoms with E-state index in [0.29, 0.717) is 28.7 Å². The van der Waals surface area contributed by atoms with Gasteiger partial charge in [-0.25, -0.2) is 10.4 Å². The molecule has 0 fully saturated rings. The standard InChI is InChI=1S/C24H27N3O3S/c1-4-5-9-14-30-20-13-12-18(15-21(20)29-3)16-25-27-23(28)22-17(2)26-24(31-22)19-10-7-6-8-11-19/h6-8,10-13,15-16H,4-5,9,14H2,1-3H3,(H,27,28)/b25-16+. The van der Waals surface area contributed by atoms with Gasteiger partial charge in [-0.05, 0) is 37.1 Å². The van der Waals surface area contributed by atoms with E-state index in [1.165, 1.54) is 11.3 Å². The highest BCUT2D eigenvalue weighted by molar-refractivity contribution is 7.17. The van der Waals surface area contributed by atoms with E-state index in [0.717, 1.165) is 35.4 Å². The molecular formula is C24H27N3O3S. The van der Waals surface area contributed by atoms with Crippen molar-refractivity contribution in [3.8, 4) is 22.1 Å². The number of carbonyl (C=O) groups is 1. The Morgan fingerprint density at radius 3 is 2.71 bits per heavy atom. The minimum Gasteiger partial charge on any atom is -0.493 e. The molecule has 0 spiro atoms. The molecule has 1 heterocycles. The molecule has 2 aromatic carbocycles. The number of nitrogens with zero attached hydrogens (tertiary/aromatic N) is 2. The Kier molecular flexibility index (Phi) is 8.18. The Labute approximate surface area is 186 Å². The van der Waals surface area contributed by atoms with Crippen LogP contribution in [0.25, 0.3) is 10.6 Å². The second-order valence-electron chi connectivity index (χ2n) is 6.96. The molecule has 7 heteroatoms. The maximum Gasteiger partial charge on any atom is 0.283 e. The van der Waals surface area contributed by atoms with Gasteiger partial charge in [0.15, 0.2) is 11.5 Å². The molecule has 31 heavy (non-hydrogen) atoms. The van der Waals surface area contributed by atoms with Gasteiger partial charge in [0.05, 0.1) is 25.6 Å². The van der Waals surface area contributed by atoms with Crippen LogP contribution < -0.4 is 14.9 Å². The lowest BCUT2D eigenvalue weighted by Gasteiger charge is -2.11. The number of aryl methyl sites for hydroxylation is 1. The molecule has 162 valence electrons. The lowest BCUT2D eigenvalue weighted by molar-refractivity contribution is 0.0958. The summed E-state index contributed by atoms with van der Waals surface area (Å²) in [6.45, 7) is 4.64. The van der Waals surface area contributed by atoms with Crippen LogP contribution in [0.3, 0.4) is 0 Å². The molecule has 0 bridgehead atoms. The van der Waals surface area contributed by atoms with Crippen LogP contribution in [0.15, 0.2) is 53.6 Å². The predicted octanol–water partition coefficient (Wildman–Crippen LogP) is 5.46. The fourth-order valence-electron chi connectivity index (χ4n) is 2.95. The van der Waals surface area contributed by atoms with Crippen molar-refractivity contribution in [2.75, 3.05) is 13.7 Å². The van der Waals surface area contributed by atoms with Gasteiger partial charge in [0.2, 0.25) is 0 Å². The highest BCUT2D eigenvalue weighted by atomic mass is 32.1. The molecule has 0 aliphatic heterocycles. The lowest BCUT2D eigenvalue weighted by atomic mass is 10.2. The topological polar surface area (TPSA) is 72.8 Å². The number of aromatic nitrogens is 1. The Hall–Kier alpha value is -3.19. The van der Waals surface area contributed by atoms with Crippen LogP contribution in [0.5, 0.6) is 11.5 Å². The van der Waals surface area contributed by atoms with Gasteiger partial charge in [0.25, 0.3) is 5.91 Å². The van der Waals surface area contributed by atoms with Gasteiger partial charge in [-0.3, -0.25) is 4.79 Å². The zero-order valence-corrected chi connectivity index (χ0v) is 18.9. The lowest BCUT2D eigenvalue weighted by Crippen LogP contribution is -2.17. The summed E-state index contributed by atoms with van der Waals surface area (Å²) in [6, 6.07) is 15.4. The van der Waals surface area contributed by atoms with E-state index in [1.807, 2.05) is 55.5 Å². The summed E-state index contributed by atoms with van der Waals surface area (Å²) in [5.41, 5.74) is 5.05. The first-order valence-electron chi connectivity index (χ1n) is 10.3. The van der Waals surface area contributed by atoms with Crippen LogP contribution >= 0.6 is 11.3 Å². The number of benzene rings is 2. The van der Waals surface area contributed by atoms with Gasteiger partial charge < -0.3 is 9.47 Å². The molecule has 0 radical (unpaired) electrons. The highest BCUT2D eigenvalue weighted by Gasteiger charge is 2.15. The molecular weight excluding hydrogens is 410 g/mol. The fourth-order valence-corrected chi connectivity index (χ4v) is 3.91. The third-order valence-electron chi connectivity index (χ3n) is 4.60. The maximum atomic E-state index is 12.5. The van der Waals surface area contributed by atoms with Crippen molar-refractivity contribution in [3.63, 3.8) is 0 Å². The fraction of sp³-hybridized carbons (Fsp3) is 0.292. The Morgan fingerprint density at radius 1 is 1.16 bits per heavy atom. The average molecular weight is 438 g/mol. The zero-order valence-electron chi connectivity index (χ0n) is 18.1. The SMILES string of the molecule is CCCCCOc1ccc(/C=N/NC(=O)c2sc(-c3ccccc3)nc2C)cc1OC. The van der Waals surface area contributed by atoms with E-state index < -0.39 is 0 Å². The molecule has 0 atom stereocenters. The number of hydrogen-bond donors (Lipinski definition) is 1. The number of ether oxygens (including phenoxy) is 2. The highest BCUT2D eigenvalue weighted by Crippen LogP contribution is 2.28. The van der Waals surface area contributed by atoms with E-state index in [4.69, 9.17) is 9.47 Å². The van der Waals surface area contributed by atoms with E-state index >= 15 is 0 Å². The van der Waals surface area contributed by atoms with E-state index in [-0.39, 0.29) is 5.91 Å². The summed E-state index contributed by atoms with van der Waals surface area (Å²) < 4.78 is 11.2.